The van der Waals surface area contributed by atoms with Crippen LogP contribution in [0.4, 0.5) is 0 Å². The molecule has 0 bridgehead atoms. The van der Waals surface area contributed by atoms with E-state index in [1.165, 1.54) is 12.7 Å². The van der Waals surface area contributed by atoms with Crippen LogP contribution in [0.15, 0.2) is 30.3 Å². The van der Waals surface area contributed by atoms with Gasteiger partial charge in [-0.15, -0.1) is 0 Å². The van der Waals surface area contributed by atoms with E-state index in [-0.39, 0.29) is 18.1 Å². The van der Waals surface area contributed by atoms with Gasteiger partial charge in [-0.1, -0.05) is 30.3 Å². The zero-order valence-electron chi connectivity index (χ0n) is 9.72. The Hall–Kier alpha value is -1.35. The molecule has 1 aliphatic heterocycles. The highest BCUT2D eigenvalue weighted by atomic mass is 16.5. The van der Waals surface area contributed by atoms with Crippen molar-refractivity contribution in [2.24, 2.45) is 0 Å². The van der Waals surface area contributed by atoms with E-state index in [9.17, 15) is 4.79 Å². The van der Waals surface area contributed by atoms with Crippen molar-refractivity contribution < 1.29 is 9.53 Å². The summed E-state index contributed by atoms with van der Waals surface area (Å²) < 4.78 is 4.79. The lowest BCUT2D eigenvalue weighted by atomic mass is 9.96. The molecule has 16 heavy (non-hydrogen) atoms. The molecule has 0 aromatic heterocycles. The van der Waals surface area contributed by atoms with Crippen LogP contribution >= 0.6 is 0 Å². The van der Waals surface area contributed by atoms with Crippen LogP contribution < -0.4 is 0 Å². The Bertz CT molecular complexity index is 363. The van der Waals surface area contributed by atoms with Crippen molar-refractivity contribution in [2.45, 2.75) is 25.4 Å². The maximum atomic E-state index is 11.5. The fourth-order valence-electron chi connectivity index (χ4n) is 2.18. The van der Waals surface area contributed by atoms with Crippen LogP contribution in [0.5, 0.6) is 0 Å². The molecule has 3 nitrogen and oxygen atoms in total. The third-order valence-corrected chi connectivity index (χ3v) is 3.31. The molecule has 0 saturated carbocycles. The summed E-state index contributed by atoms with van der Waals surface area (Å²) >= 11 is 0. The predicted octanol–water partition coefficient (Wildman–Crippen LogP) is 1.99. The Labute approximate surface area is 96.0 Å². The number of benzene rings is 1. The quantitative estimate of drug-likeness (QED) is 0.728. The van der Waals surface area contributed by atoms with Crippen LogP contribution in [0.2, 0.25) is 0 Å². The fourth-order valence-corrected chi connectivity index (χ4v) is 2.18. The summed E-state index contributed by atoms with van der Waals surface area (Å²) in [6.07, 6.45) is 0.907. The summed E-state index contributed by atoms with van der Waals surface area (Å²) in [6.45, 7) is 3.10. The predicted molar refractivity (Wildman–Crippen MR) is 62.0 cm³/mol. The Morgan fingerprint density at radius 3 is 2.62 bits per heavy atom. The van der Waals surface area contributed by atoms with Crippen molar-refractivity contribution in [3.05, 3.63) is 35.9 Å². The molecule has 1 aliphatic rings. The Balaban J connectivity index is 2.06. The lowest BCUT2D eigenvalue weighted by Crippen LogP contribution is -2.53. The monoisotopic (exact) mass is 219 g/mol. The van der Waals surface area contributed by atoms with Gasteiger partial charge in [0.05, 0.1) is 7.11 Å². The molecule has 2 atom stereocenters. The van der Waals surface area contributed by atoms with Gasteiger partial charge < -0.3 is 4.74 Å². The van der Waals surface area contributed by atoms with Crippen molar-refractivity contribution >= 4 is 5.97 Å². The summed E-state index contributed by atoms with van der Waals surface area (Å²) in [5.41, 5.74) is 1.25. The fraction of sp³-hybridized carbons (Fsp3) is 0.462. The van der Waals surface area contributed by atoms with E-state index >= 15 is 0 Å². The summed E-state index contributed by atoms with van der Waals surface area (Å²) in [4.78, 5) is 13.7. The SMILES string of the molecule is COC(=O)[C@@H]1CCN1C(C)c1ccccc1. The second-order valence-corrected chi connectivity index (χ2v) is 4.15. The second kappa shape index (κ2) is 4.66. The zero-order chi connectivity index (χ0) is 11.5. The van der Waals surface area contributed by atoms with E-state index in [2.05, 4.69) is 24.0 Å². The van der Waals surface area contributed by atoms with Gasteiger partial charge in [-0.25, -0.2) is 0 Å². The molecule has 1 unspecified atom stereocenters. The van der Waals surface area contributed by atoms with E-state index in [0.29, 0.717) is 0 Å². The third kappa shape index (κ3) is 1.95. The number of nitrogens with zero attached hydrogens (tertiary/aromatic N) is 1. The molecule has 1 aromatic carbocycles. The average molecular weight is 219 g/mol. The molecule has 3 heteroatoms. The number of hydrogen-bond acceptors (Lipinski definition) is 3. The number of hydrogen-bond donors (Lipinski definition) is 0. The molecule has 1 saturated heterocycles. The van der Waals surface area contributed by atoms with Crippen molar-refractivity contribution in [1.82, 2.24) is 4.90 Å². The normalized spacial score (nSPS) is 22.2. The van der Waals surface area contributed by atoms with Gasteiger partial charge in [-0.3, -0.25) is 9.69 Å². The molecule has 0 aliphatic carbocycles. The highest BCUT2D eigenvalue weighted by Crippen LogP contribution is 2.30. The summed E-state index contributed by atoms with van der Waals surface area (Å²) in [5, 5.41) is 0. The smallest absolute Gasteiger partial charge is 0.323 e. The summed E-state index contributed by atoms with van der Waals surface area (Å²) in [5.74, 6) is -0.117. The van der Waals surface area contributed by atoms with Crippen LogP contribution in [0, 0.1) is 0 Å². The second-order valence-electron chi connectivity index (χ2n) is 4.15. The van der Waals surface area contributed by atoms with Gasteiger partial charge in [0.25, 0.3) is 0 Å². The Morgan fingerprint density at radius 1 is 1.44 bits per heavy atom. The maximum Gasteiger partial charge on any atom is 0.323 e. The van der Waals surface area contributed by atoms with Gasteiger partial charge in [-0.05, 0) is 18.9 Å². The molecule has 1 heterocycles. The van der Waals surface area contributed by atoms with E-state index in [1.54, 1.807) is 0 Å². The number of likely N-dealkylation sites (tertiary alicyclic amines) is 1. The number of carbonyl (C=O) groups excluding carboxylic acids is 1. The van der Waals surface area contributed by atoms with Crippen molar-refractivity contribution in [1.29, 1.82) is 0 Å². The minimum absolute atomic E-state index is 0.0554. The molecular weight excluding hydrogens is 202 g/mol. The van der Waals surface area contributed by atoms with Gasteiger partial charge in [0.2, 0.25) is 0 Å². The van der Waals surface area contributed by atoms with E-state index in [1.807, 2.05) is 18.2 Å². The first-order chi connectivity index (χ1) is 7.74. The van der Waals surface area contributed by atoms with Crippen LogP contribution in [0.25, 0.3) is 0 Å². The molecule has 0 amide bonds. The molecule has 1 aromatic rings. The molecule has 1 fully saturated rings. The highest BCUT2D eigenvalue weighted by Gasteiger charge is 2.38. The average Bonchev–Trinajstić information content (AvgIpc) is 2.28. The highest BCUT2D eigenvalue weighted by molar-refractivity contribution is 5.76. The van der Waals surface area contributed by atoms with E-state index in [0.717, 1.165) is 13.0 Å². The number of rotatable bonds is 3. The van der Waals surface area contributed by atoms with Crippen molar-refractivity contribution in [3.63, 3.8) is 0 Å². The lowest BCUT2D eigenvalue weighted by Gasteiger charge is -2.43. The summed E-state index contributed by atoms with van der Waals surface area (Å²) in [6, 6.07) is 10.5. The minimum atomic E-state index is -0.117. The molecule has 0 radical (unpaired) electrons. The van der Waals surface area contributed by atoms with Gasteiger partial charge in [0.1, 0.15) is 6.04 Å². The maximum absolute atomic E-state index is 11.5. The summed E-state index contributed by atoms with van der Waals surface area (Å²) in [7, 11) is 1.45. The molecule has 2 rings (SSSR count). The Kier molecular flexibility index (Phi) is 3.25. The van der Waals surface area contributed by atoms with Gasteiger partial charge in [-0.2, -0.15) is 0 Å². The van der Waals surface area contributed by atoms with Gasteiger partial charge in [0.15, 0.2) is 0 Å². The lowest BCUT2D eigenvalue weighted by molar-refractivity contribution is -0.153. The van der Waals surface area contributed by atoms with Gasteiger partial charge in [0, 0.05) is 12.6 Å². The minimum Gasteiger partial charge on any atom is -0.468 e. The number of methoxy groups -OCH3 is 1. The van der Waals surface area contributed by atoms with E-state index < -0.39 is 0 Å². The third-order valence-electron chi connectivity index (χ3n) is 3.31. The molecule has 0 N–H and O–H groups in total. The molecule has 0 spiro atoms. The standard InChI is InChI=1S/C13H17NO2/c1-10(11-6-4-3-5-7-11)14-9-8-12(14)13(15)16-2/h3-7,10,12H,8-9H2,1-2H3/t10?,12-/m0/s1. The number of ether oxygens (including phenoxy) is 1. The topological polar surface area (TPSA) is 29.5 Å². The van der Waals surface area contributed by atoms with Crippen molar-refractivity contribution in [2.75, 3.05) is 13.7 Å². The first-order valence-corrected chi connectivity index (χ1v) is 5.62. The number of carbonyl (C=O) groups is 1. The van der Waals surface area contributed by atoms with E-state index in [4.69, 9.17) is 4.74 Å². The first-order valence-electron chi connectivity index (χ1n) is 5.62. The van der Waals surface area contributed by atoms with Crippen LogP contribution in [-0.2, 0) is 9.53 Å². The molecular formula is C13H17NO2. The zero-order valence-corrected chi connectivity index (χ0v) is 9.72. The van der Waals surface area contributed by atoms with Gasteiger partial charge >= 0.3 is 5.97 Å². The van der Waals surface area contributed by atoms with Crippen LogP contribution in [0.1, 0.15) is 24.9 Å². The first kappa shape index (κ1) is 11.1. The largest absolute Gasteiger partial charge is 0.468 e. The van der Waals surface area contributed by atoms with Crippen LogP contribution in [0.3, 0.4) is 0 Å². The van der Waals surface area contributed by atoms with Crippen LogP contribution in [-0.4, -0.2) is 30.6 Å². The Morgan fingerprint density at radius 2 is 2.12 bits per heavy atom. The molecule has 86 valence electrons. The number of esters is 1. The van der Waals surface area contributed by atoms with Crippen molar-refractivity contribution in [3.8, 4) is 0 Å².